The fraction of sp³-hybridized carbons (Fsp3) is 0.324. The fourth-order valence-electron chi connectivity index (χ4n) is 3.99. The Bertz CT molecular complexity index is 956. The summed E-state index contributed by atoms with van der Waals surface area (Å²) < 4.78 is 0. The Hall–Kier alpha value is -2.20. The van der Waals surface area contributed by atoms with Crippen LogP contribution in [0.3, 0.4) is 0 Å². The molecular formula is C34H49NOSiTi. The number of carbonyl (C=O) groups is 1. The van der Waals surface area contributed by atoms with Crippen LogP contribution in [-0.2, 0) is 26.5 Å². The minimum Gasteiger partial charge on any atom is -0.668 e. The van der Waals surface area contributed by atoms with E-state index in [2.05, 4.69) is 82.3 Å². The van der Waals surface area contributed by atoms with Crippen molar-refractivity contribution >= 4 is 29.0 Å². The summed E-state index contributed by atoms with van der Waals surface area (Å²) in [5, 5.41) is 0. The van der Waals surface area contributed by atoms with E-state index < -0.39 is 0 Å². The maximum absolute atomic E-state index is 10.5. The standard InChI is InChI=1S/C16H14.C9H13.C7H13NO.2CH3.H4Si.Ti/c1-3-9-15(10-4-1)13-7-8-14-16-11-5-2-6-12-16;1-6-5-7(2)9(4)8(6)3;8-7(9)6-4-2-1-3-5-6;;;;/h1-14H;6H,1-4H3;6H,1-5H2,(H2,8,9);2*1H3;1H4;/q;-1;;2*-1;;+4/p-1. The molecule has 1 amide bonds. The molecule has 2 nitrogen and oxygen atoms in total. The quantitative estimate of drug-likeness (QED) is 0.208. The molecule has 0 aromatic heterocycles. The Morgan fingerprint density at radius 2 is 1.24 bits per heavy atom. The number of hydrogen-bond donors (Lipinski definition) is 0. The van der Waals surface area contributed by atoms with Crippen molar-refractivity contribution in [2.24, 2.45) is 11.8 Å². The van der Waals surface area contributed by atoms with Crippen LogP contribution in [0.5, 0.6) is 0 Å². The zero-order chi connectivity index (χ0) is 24.8. The minimum absolute atomic E-state index is 0. The summed E-state index contributed by atoms with van der Waals surface area (Å²) >= 11 is 0. The van der Waals surface area contributed by atoms with Gasteiger partial charge in [0.1, 0.15) is 0 Å². The van der Waals surface area contributed by atoms with E-state index in [0.29, 0.717) is 5.92 Å². The number of allylic oxidation sites excluding steroid dienone is 6. The summed E-state index contributed by atoms with van der Waals surface area (Å²) in [6.45, 7) is 8.67. The summed E-state index contributed by atoms with van der Waals surface area (Å²) in [5.74, 6) is 0.290. The van der Waals surface area contributed by atoms with Gasteiger partial charge in [0.15, 0.2) is 0 Å². The van der Waals surface area contributed by atoms with E-state index in [1.807, 2.05) is 36.4 Å². The summed E-state index contributed by atoms with van der Waals surface area (Å²) in [6, 6.07) is 20.6. The van der Waals surface area contributed by atoms with Gasteiger partial charge in [0.05, 0.1) is 5.91 Å². The number of carbonyl (C=O) groups excluding carboxylic acids is 1. The van der Waals surface area contributed by atoms with Crippen molar-refractivity contribution < 1.29 is 26.5 Å². The first-order valence-corrected chi connectivity index (χ1v) is 12.4. The molecule has 2 aromatic rings. The van der Waals surface area contributed by atoms with Gasteiger partial charge in [-0.15, -0.1) is 6.92 Å². The zero-order valence-corrected chi connectivity index (χ0v) is 25.2. The second kappa shape index (κ2) is 22.8. The molecule has 204 valence electrons. The smallest absolute Gasteiger partial charge is 0.668 e. The third-order valence-electron chi connectivity index (χ3n) is 6.50. The van der Waals surface area contributed by atoms with Crippen molar-refractivity contribution in [2.75, 3.05) is 0 Å². The first-order valence-electron chi connectivity index (χ1n) is 12.4. The molecule has 38 heavy (non-hydrogen) atoms. The van der Waals surface area contributed by atoms with Crippen molar-refractivity contribution in [1.82, 2.24) is 0 Å². The number of amides is 1. The van der Waals surface area contributed by atoms with Gasteiger partial charge in [-0.3, -0.25) is 6.08 Å². The molecule has 2 aliphatic carbocycles. The molecule has 0 aliphatic heterocycles. The van der Waals surface area contributed by atoms with Gasteiger partial charge in [0, 0.05) is 5.92 Å². The molecule has 1 saturated carbocycles. The predicted molar refractivity (Wildman–Crippen MR) is 171 cm³/mol. The van der Waals surface area contributed by atoms with Crippen LogP contribution in [0.15, 0.2) is 89.5 Å². The Labute approximate surface area is 253 Å². The van der Waals surface area contributed by atoms with Crippen LogP contribution in [-0.4, -0.2) is 16.9 Å². The number of nitrogens with one attached hydrogen (secondary N) is 1. The Balaban J connectivity index is -0.000000488. The molecule has 4 rings (SSSR count). The SMILES string of the molecule is C(C=Cc1ccccc1)=Cc1ccccc1.CC1=[C-]C(C)C(C)=C1C.[CH3-].[CH3-].[NH-]C(=O)C1CCCCC1.[SiH4].[Ti+4]. The third-order valence-corrected chi connectivity index (χ3v) is 6.50. The molecule has 4 heteroatoms. The second-order valence-electron chi connectivity index (χ2n) is 9.04. The topological polar surface area (TPSA) is 40.9 Å². The number of rotatable bonds is 4. The Kier molecular flexibility index (Phi) is 24.1. The van der Waals surface area contributed by atoms with E-state index in [-0.39, 0.29) is 59.4 Å². The van der Waals surface area contributed by atoms with E-state index in [1.165, 1.54) is 34.3 Å². The van der Waals surface area contributed by atoms with Gasteiger partial charge < -0.3 is 25.4 Å². The van der Waals surface area contributed by atoms with E-state index in [1.54, 1.807) is 0 Å². The van der Waals surface area contributed by atoms with E-state index >= 15 is 0 Å². The van der Waals surface area contributed by atoms with Crippen molar-refractivity contribution in [3.63, 3.8) is 0 Å². The largest absolute Gasteiger partial charge is 4.00 e. The van der Waals surface area contributed by atoms with Crippen molar-refractivity contribution in [3.05, 3.63) is 127 Å². The van der Waals surface area contributed by atoms with Crippen molar-refractivity contribution in [1.29, 1.82) is 0 Å². The molecule has 0 saturated heterocycles. The van der Waals surface area contributed by atoms with Crippen molar-refractivity contribution in [3.8, 4) is 0 Å². The van der Waals surface area contributed by atoms with Crippen LogP contribution in [0.1, 0.15) is 70.9 Å². The van der Waals surface area contributed by atoms with E-state index in [9.17, 15) is 4.79 Å². The molecular weight excluding hydrogens is 514 g/mol. The normalized spacial score (nSPS) is 16.3. The summed E-state index contributed by atoms with van der Waals surface area (Å²) in [7, 11) is 0. The molecule has 0 radical (unpaired) electrons. The number of hydrogen-bond acceptors (Lipinski definition) is 1. The summed E-state index contributed by atoms with van der Waals surface area (Å²) in [5.41, 5.74) is 13.5. The van der Waals surface area contributed by atoms with Gasteiger partial charge in [-0.05, 0) is 34.9 Å². The summed E-state index contributed by atoms with van der Waals surface area (Å²) in [6.07, 6.45) is 17.1. The van der Waals surface area contributed by atoms with Crippen LogP contribution >= 0.6 is 0 Å². The first-order chi connectivity index (χ1) is 16.4. The van der Waals surface area contributed by atoms with E-state index in [4.69, 9.17) is 5.73 Å². The molecule has 0 heterocycles. The maximum Gasteiger partial charge on any atom is 4.00 e. The van der Waals surface area contributed by atoms with Crippen LogP contribution in [0.2, 0.25) is 0 Å². The zero-order valence-electron chi connectivity index (χ0n) is 23.7. The summed E-state index contributed by atoms with van der Waals surface area (Å²) in [4.78, 5) is 10.5. The predicted octanol–water partition coefficient (Wildman–Crippen LogP) is 8.73. The van der Waals surface area contributed by atoms with Gasteiger partial charge in [0.25, 0.3) is 0 Å². The average molecular weight is 564 g/mol. The van der Waals surface area contributed by atoms with Crippen LogP contribution in [0.4, 0.5) is 0 Å². The van der Waals surface area contributed by atoms with Gasteiger partial charge in [0.2, 0.25) is 0 Å². The van der Waals surface area contributed by atoms with Crippen LogP contribution in [0, 0.1) is 32.8 Å². The minimum atomic E-state index is -0.352. The molecule has 1 atom stereocenters. The molecule has 1 unspecified atom stereocenters. The van der Waals surface area contributed by atoms with Crippen LogP contribution < -0.4 is 0 Å². The fourth-order valence-corrected chi connectivity index (χ4v) is 3.99. The number of benzene rings is 2. The third kappa shape index (κ3) is 15.3. The Morgan fingerprint density at radius 3 is 1.50 bits per heavy atom. The van der Waals surface area contributed by atoms with Gasteiger partial charge >= 0.3 is 21.7 Å². The molecule has 1 N–H and O–H groups in total. The van der Waals surface area contributed by atoms with Crippen molar-refractivity contribution in [2.45, 2.75) is 59.8 Å². The monoisotopic (exact) mass is 563 g/mol. The molecule has 2 aromatic carbocycles. The molecule has 1 fully saturated rings. The molecule has 0 bridgehead atoms. The Morgan fingerprint density at radius 1 is 0.816 bits per heavy atom. The molecule has 0 spiro atoms. The van der Waals surface area contributed by atoms with Gasteiger partial charge in [-0.2, -0.15) is 11.1 Å². The van der Waals surface area contributed by atoms with Gasteiger partial charge in [-0.25, -0.2) is 5.57 Å². The molecule has 2 aliphatic rings. The second-order valence-corrected chi connectivity index (χ2v) is 9.04. The average Bonchev–Trinajstić information content (AvgIpc) is 3.09. The first kappa shape index (κ1) is 40.3. The van der Waals surface area contributed by atoms with Gasteiger partial charge in [-0.1, -0.05) is 131 Å². The van der Waals surface area contributed by atoms with E-state index in [0.717, 1.165) is 25.7 Å². The maximum atomic E-state index is 10.5. The van der Waals surface area contributed by atoms with Crippen LogP contribution in [0.25, 0.3) is 17.9 Å².